The molecular formula is C21H17BrN4O2. The van der Waals surface area contributed by atoms with Crippen LogP contribution in [0.25, 0.3) is 0 Å². The summed E-state index contributed by atoms with van der Waals surface area (Å²) in [4.78, 5) is 18.4. The number of aromatic hydroxyl groups is 1. The fourth-order valence-corrected chi connectivity index (χ4v) is 3.64. The minimum absolute atomic E-state index is 0.101. The first-order valence-electron chi connectivity index (χ1n) is 8.71. The van der Waals surface area contributed by atoms with Crippen LogP contribution >= 0.6 is 15.9 Å². The largest absolute Gasteiger partial charge is 0.506 e. The Kier molecular flexibility index (Phi) is 5.08. The quantitative estimate of drug-likeness (QED) is 0.629. The van der Waals surface area contributed by atoms with Gasteiger partial charge in [0.25, 0.3) is 0 Å². The smallest absolute Gasteiger partial charge is 0.180 e. The van der Waals surface area contributed by atoms with Crippen LogP contribution in [0.1, 0.15) is 5.69 Å². The van der Waals surface area contributed by atoms with E-state index in [1.165, 1.54) is 0 Å². The van der Waals surface area contributed by atoms with E-state index in [2.05, 4.69) is 20.9 Å². The summed E-state index contributed by atoms with van der Waals surface area (Å²) < 4.78 is 0.810. The zero-order chi connectivity index (χ0) is 19.5. The normalized spacial score (nSPS) is 16.6. The number of hydrogen-bond acceptors (Lipinski definition) is 6. The van der Waals surface area contributed by atoms with E-state index in [0.29, 0.717) is 23.6 Å². The predicted molar refractivity (Wildman–Crippen MR) is 113 cm³/mol. The lowest BCUT2D eigenvalue weighted by atomic mass is 10.1. The standard InChI is InChI=1S/C21H17BrN4O2/c22-15-7-1-2-9-18(15)26-21(14-27)25(19-10-3-4-11-20(19)28)13-17(24-26)16-8-5-6-12-23-16/h1-12,14,21,28H,13H2. The molecule has 1 unspecified atom stereocenters. The van der Waals surface area contributed by atoms with Gasteiger partial charge in [-0.25, -0.2) is 5.01 Å². The summed E-state index contributed by atoms with van der Waals surface area (Å²) in [6.07, 6.45) is 1.81. The van der Waals surface area contributed by atoms with Gasteiger partial charge >= 0.3 is 0 Å². The average molecular weight is 437 g/mol. The zero-order valence-electron chi connectivity index (χ0n) is 14.8. The molecule has 0 radical (unpaired) electrons. The van der Waals surface area contributed by atoms with Crippen LogP contribution in [-0.4, -0.2) is 34.8 Å². The van der Waals surface area contributed by atoms with Crippen LogP contribution in [0, 0.1) is 0 Å². The number of nitrogens with zero attached hydrogens (tertiary/aromatic N) is 4. The minimum Gasteiger partial charge on any atom is -0.506 e. The van der Waals surface area contributed by atoms with Gasteiger partial charge in [0.2, 0.25) is 0 Å². The van der Waals surface area contributed by atoms with Gasteiger partial charge in [-0.1, -0.05) is 30.3 Å². The van der Waals surface area contributed by atoms with Crippen LogP contribution in [0.3, 0.4) is 0 Å². The molecule has 1 aliphatic heterocycles. The highest BCUT2D eigenvalue weighted by atomic mass is 79.9. The molecule has 0 amide bonds. The van der Waals surface area contributed by atoms with Crippen LogP contribution in [0.15, 0.2) is 82.5 Å². The van der Waals surface area contributed by atoms with E-state index < -0.39 is 6.17 Å². The molecular weight excluding hydrogens is 420 g/mol. The monoisotopic (exact) mass is 436 g/mol. The first kappa shape index (κ1) is 18.2. The maximum Gasteiger partial charge on any atom is 0.180 e. The summed E-state index contributed by atoms with van der Waals surface area (Å²) in [5.41, 5.74) is 2.70. The Bertz CT molecular complexity index is 1030. The Hall–Kier alpha value is -3.19. The summed E-state index contributed by atoms with van der Waals surface area (Å²) in [5.74, 6) is 0.101. The second kappa shape index (κ2) is 7.82. The van der Waals surface area contributed by atoms with Crippen molar-refractivity contribution in [3.05, 3.63) is 83.1 Å². The number of anilines is 2. The van der Waals surface area contributed by atoms with Gasteiger partial charge in [0.15, 0.2) is 12.5 Å². The van der Waals surface area contributed by atoms with E-state index in [-0.39, 0.29) is 5.75 Å². The first-order chi connectivity index (χ1) is 13.7. The van der Waals surface area contributed by atoms with Gasteiger partial charge in [0.1, 0.15) is 11.5 Å². The molecule has 1 aromatic heterocycles. The second-order valence-electron chi connectivity index (χ2n) is 6.22. The maximum atomic E-state index is 12.1. The van der Waals surface area contributed by atoms with E-state index in [1.807, 2.05) is 53.4 Å². The third kappa shape index (κ3) is 3.36. The Balaban J connectivity index is 1.88. The summed E-state index contributed by atoms with van der Waals surface area (Å²) >= 11 is 3.54. The maximum absolute atomic E-state index is 12.1. The van der Waals surface area contributed by atoms with Crippen molar-refractivity contribution in [3.8, 4) is 5.75 Å². The SMILES string of the molecule is O=CC1N(c2ccccc2O)CC(c2ccccn2)=NN1c1ccccc1Br. The van der Waals surface area contributed by atoms with Gasteiger partial charge < -0.3 is 10.0 Å². The van der Waals surface area contributed by atoms with Crippen molar-refractivity contribution in [2.75, 3.05) is 16.5 Å². The van der Waals surface area contributed by atoms with Crippen molar-refractivity contribution in [1.29, 1.82) is 0 Å². The summed E-state index contributed by atoms with van der Waals surface area (Å²) in [6.45, 7) is 0.332. The highest BCUT2D eigenvalue weighted by molar-refractivity contribution is 9.10. The Morgan fingerprint density at radius 2 is 1.71 bits per heavy atom. The number of rotatable bonds is 4. The number of phenols is 1. The summed E-state index contributed by atoms with van der Waals surface area (Å²) in [7, 11) is 0. The molecule has 140 valence electrons. The molecule has 3 aromatic rings. The summed E-state index contributed by atoms with van der Waals surface area (Å²) in [6, 6.07) is 20.1. The van der Waals surface area contributed by atoms with Crippen LogP contribution < -0.4 is 9.91 Å². The molecule has 2 aromatic carbocycles. The van der Waals surface area contributed by atoms with Crippen LogP contribution in [0.4, 0.5) is 11.4 Å². The molecule has 1 aliphatic rings. The van der Waals surface area contributed by atoms with E-state index in [1.54, 1.807) is 29.4 Å². The summed E-state index contributed by atoms with van der Waals surface area (Å²) in [5, 5.41) is 16.8. The molecule has 2 heterocycles. The lowest BCUT2D eigenvalue weighted by Gasteiger charge is -2.41. The van der Waals surface area contributed by atoms with E-state index in [9.17, 15) is 9.90 Å². The molecule has 0 fully saturated rings. The van der Waals surface area contributed by atoms with Crippen molar-refractivity contribution in [3.63, 3.8) is 0 Å². The number of hydrogen-bond donors (Lipinski definition) is 1. The first-order valence-corrected chi connectivity index (χ1v) is 9.51. The number of halogens is 1. The lowest BCUT2D eigenvalue weighted by molar-refractivity contribution is -0.109. The fraction of sp³-hybridized carbons (Fsp3) is 0.0952. The number of phenolic OH excluding ortho intramolecular Hbond substituents is 1. The van der Waals surface area contributed by atoms with Crippen molar-refractivity contribution in [2.24, 2.45) is 5.10 Å². The lowest BCUT2D eigenvalue weighted by Crippen LogP contribution is -2.54. The van der Waals surface area contributed by atoms with E-state index >= 15 is 0 Å². The fourth-order valence-electron chi connectivity index (χ4n) is 3.17. The number of aldehydes is 1. The molecule has 28 heavy (non-hydrogen) atoms. The molecule has 0 saturated carbocycles. The molecule has 4 rings (SSSR count). The predicted octanol–water partition coefficient (Wildman–Crippen LogP) is 3.81. The highest BCUT2D eigenvalue weighted by Gasteiger charge is 2.34. The molecule has 1 atom stereocenters. The van der Waals surface area contributed by atoms with E-state index in [0.717, 1.165) is 16.4 Å². The Morgan fingerprint density at radius 1 is 1.00 bits per heavy atom. The van der Waals surface area contributed by atoms with Gasteiger partial charge in [-0.3, -0.25) is 9.78 Å². The van der Waals surface area contributed by atoms with Crippen LogP contribution in [0.5, 0.6) is 5.75 Å². The van der Waals surface area contributed by atoms with Crippen molar-refractivity contribution in [1.82, 2.24) is 4.98 Å². The number of para-hydroxylation sites is 3. The molecule has 0 spiro atoms. The van der Waals surface area contributed by atoms with Crippen molar-refractivity contribution in [2.45, 2.75) is 6.17 Å². The van der Waals surface area contributed by atoms with Gasteiger partial charge in [-0.05, 0) is 52.3 Å². The van der Waals surface area contributed by atoms with Crippen molar-refractivity contribution < 1.29 is 9.90 Å². The number of hydrazone groups is 1. The topological polar surface area (TPSA) is 69.0 Å². The van der Waals surface area contributed by atoms with Crippen LogP contribution in [0.2, 0.25) is 0 Å². The molecule has 7 heteroatoms. The minimum atomic E-state index is -0.723. The van der Waals surface area contributed by atoms with Gasteiger partial charge in [0.05, 0.1) is 23.6 Å². The highest BCUT2D eigenvalue weighted by Crippen LogP contribution is 2.35. The number of carbonyl (C=O) groups is 1. The molecule has 0 bridgehead atoms. The Labute approximate surface area is 170 Å². The van der Waals surface area contributed by atoms with E-state index in [4.69, 9.17) is 5.10 Å². The molecule has 0 saturated heterocycles. The average Bonchev–Trinajstić information content (AvgIpc) is 2.74. The number of benzene rings is 2. The third-order valence-electron chi connectivity index (χ3n) is 4.49. The molecule has 0 aliphatic carbocycles. The molecule has 1 N–H and O–H groups in total. The van der Waals surface area contributed by atoms with Gasteiger partial charge in [0, 0.05) is 10.7 Å². The third-order valence-corrected chi connectivity index (χ3v) is 5.16. The van der Waals surface area contributed by atoms with Gasteiger partial charge in [-0.15, -0.1) is 0 Å². The Morgan fingerprint density at radius 3 is 2.39 bits per heavy atom. The number of pyridine rings is 1. The number of carbonyl (C=O) groups excluding carboxylic acids is 1. The van der Waals surface area contributed by atoms with Crippen LogP contribution in [-0.2, 0) is 4.79 Å². The molecule has 6 nitrogen and oxygen atoms in total. The number of aromatic nitrogens is 1. The van der Waals surface area contributed by atoms with Crippen molar-refractivity contribution >= 4 is 39.3 Å². The van der Waals surface area contributed by atoms with Gasteiger partial charge in [-0.2, -0.15) is 5.10 Å². The second-order valence-corrected chi connectivity index (χ2v) is 7.08. The zero-order valence-corrected chi connectivity index (χ0v) is 16.4.